The van der Waals surface area contributed by atoms with Crippen LogP contribution in [-0.2, 0) is 16.4 Å². The predicted molar refractivity (Wildman–Crippen MR) is 83.6 cm³/mol. The summed E-state index contributed by atoms with van der Waals surface area (Å²) in [5.74, 6) is 5.24. The molecule has 0 fully saturated rings. The first kappa shape index (κ1) is 15.7. The van der Waals surface area contributed by atoms with E-state index in [0.29, 0.717) is 18.5 Å². The summed E-state index contributed by atoms with van der Waals surface area (Å²) in [5, 5.41) is 10.6. The summed E-state index contributed by atoms with van der Waals surface area (Å²) in [6, 6.07) is 10.2. The molecule has 4 nitrogen and oxygen atoms in total. The molecule has 2 rings (SSSR count). The van der Waals surface area contributed by atoms with Gasteiger partial charge in [-0.25, -0.2) is 13.1 Å². The summed E-state index contributed by atoms with van der Waals surface area (Å²) in [5.41, 5.74) is 0.668. The van der Waals surface area contributed by atoms with Gasteiger partial charge in [-0.1, -0.05) is 17.9 Å². The van der Waals surface area contributed by atoms with Crippen LogP contribution in [0, 0.1) is 11.8 Å². The first-order chi connectivity index (χ1) is 10.1. The Morgan fingerprint density at radius 1 is 1.19 bits per heavy atom. The maximum Gasteiger partial charge on any atom is 0.240 e. The van der Waals surface area contributed by atoms with E-state index in [-0.39, 0.29) is 11.5 Å². The molecule has 0 saturated heterocycles. The smallest absolute Gasteiger partial charge is 0.240 e. The van der Waals surface area contributed by atoms with Crippen LogP contribution in [0.15, 0.2) is 46.7 Å². The van der Waals surface area contributed by atoms with Gasteiger partial charge in [0.15, 0.2) is 0 Å². The van der Waals surface area contributed by atoms with E-state index in [1.165, 1.54) is 12.1 Å². The molecule has 0 aliphatic heterocycles. The number of aliphatic hydroxyl groups is 1. The van der Waals surface area contributed by atoms with Crippen LogP contribution in [0.3, 0.4) is 0 Å². The van der Waals surface area contributed by atoms with E-state index in [1.807, 2.05) is 17.5 Å². The Hall–Kier alpha value is -1.65. The van der Waals surface area contributed by atoms with E-state index < -0.39 is 10.0 Å². The minimum absolute atomic E-state index is 0.211. The lowest BCUT2D eigenvalue weighted by Gasteiger charge is -2.06. The quantitative estimate of drug-likeness (QED) is 0.822. The Morgan fingerprint density at radius 2 is 1.95 bits per heavy atom. The van der Waals surface area contributed by atoms with Crippen LogP contribution in [0.5, 0.6) is 0 Å². The highest BCUT2D eigenvalue weighted by atomic mass is 32.2. The van der Waals surface area contributed by atoms with Crippen LogP contribution in [0.4, 0.5) is 0 Å². The third-order valence-corrected chi connectivity index (χ3v) is 5.13. The van der Waals surface area contributed by atoms with E-state index in [9.17, 15) is 8.42 Å². The Labute approximate surface area is 128 Å². The average molecular weight is 321 g/mol. The van der Waals surface area contributed by atoms with Crippen molar-refractivity contribution < 1.29 is 13.5 Å². The van der Waals surface area contributed by atoms with Gasteiger partial charge in [-0.2, -0.15) is 0 Å². The molecule has 110 valence electrons. The Kier molecular flexibility index (Phi) is 5.53. The Bertz CT molecular complexity index is 723. The molecule has 6 heteroatoms. The zero-order valence-corrected chi connectivity index (χ0v) is 12.9. The molecule has 0 aliphatic carbocycles. The van der Waals surface area contributed by atoms with E-state index >= 15 is 0 Å². The number of thiophene rings is 1. The van der Waals surface area contributed by atoms with E-state index in [0.717, 1.165) is 4.88 Å². The van der Waals surface area contributed by atoms with Gasteiger partial charge in [0, 0.05) is 17.0 Å². The molecule has 0 aliphatic rings. The lowest BCUT2D eigenvalue weighted by atomic mass is 10.2. The van der Waals surface area contributed by atoms with Crippen molar-refractivity contribution >= 4 is 21.4 Å². The molecule has 0 spiro atoms. The Morgan fingerprint density at radius 3 is 2.57 bits per heavy atom. The zero-order valence-electron chi connectivity index (χ0n) is 11.2. The van der Waals surface area contributed by atoms with E-state index in [2.05, 4.69) is 16.6 Å². The molecule has 2 aromatic rings. The summed E-state index contributed by atoms with van der Waals surface area (Å²) < 4.78 is 26.8. The number of rotatable bonds is 5. The second kappa shape index (κ2) is 7.38. The largest absolute Gasteiger partial charge is 0.384 e. The van der Waals surface area contributed by atoms with Crippen molar-refractivity contribution in [1.82, 2.24) is 4.72 Å². The molecule has 2 N–H and O–H groups in total. The van der Waals surface area contributed by atoms with E-state index in [4.69, 9.17) is 5.11 Å². The van der Waals surface area contributed by atoms with Crippen LogP contribution in [-0.4, -0.2) is 26.7 Å². The highest BCUT2D eigenvalue weighted by Crippen LogP contribution is 2.11. The lowest BCUT2D eigenvalue weighted by Crippen LogP contribution is -2.25. The summed E-state index contributed by atoms with van der Waals surface area (Å²) in [4.78, 5) is 1.36. The zero-order chi connectivity index (χ0) is 15.1. The number of sulfonamides is 1. The SMILES string of the molecule is O=S(=O)(NCCc1cccs1)c1ccc(C#CCO)cc1. The molecule has 0 atom stereocenters. The second-order valence-corrected chi connectivity index (χ2v) is 7.01. The summed E-state index contributed by atoms with van der Waals surface area (Å²) in [6.45, 7) is 0.152. The monoisotopic (exact) mass is 321 g/mol. The average Bonchev–Trinajstić information content (AvgIpc) is 2.98. The van der Waals surface area contributed by atoms with Gasteiger partial charge >= 0.3 is 0 Å². The standard InChI is InChI=1S/C15H15NO3S2/c17-11-1-3-13-5-7-15(8-6-13)21(18,19)16-10-9-14-4-2-12-20-14/h2,4-8,12,16-17H,9-11H2. The van der Waals surface area contributed by atoms with Crippen molar-refractivity contribution in [2.75, 3.05) is 13.2 Å². The molecule has 0 saturated carbocycles. The minimum Gasteiger partial charge on any atom is -0.384 e. The number of hydrogen-bond donors (Lipinski definition) is 2. The summed E-state index contributed by atoms with van der Waals surface area (Å²) >= 11 is 1.61. The maximum absolute atomic E-state index is 12.1. The van der Waals surface area contributed by atoms with Crippen molar-refractivity contribution in [3.8, 4) is 11.8 Å². The fraction of sp³-hybridized carbons (Fsp3) is 0.200. The van der Waals surface area contributed by atoms with Gasteiger partial charge in [0.25, 0.3) is 0 Å². The lowest BCUT2D eigenvalue weighted by molar-refractivity contribution is 0.350. The highest BCUT2D eigenvalue weighted by Gasteiger charge is 2.12. The molecule has 0 radical (unpaired) electrons. The van der Waals surface area contributed by atoms with Gasteiger partial charge in [-0.05, 0) is 42.1 Å². The van der Waals surface area contributed by atoms with Crippen LogP contribution in [0.1, 0.15) is 10.4 Å². The second-order valence-electron chi connectivity index (χ2n) is 4.21. The third kappa shape index (κ3) is 4.69. The minimum atomic E-state index is -3.49. The van der Waals surface area contributed by atoms with Crippen LogP contribution in [0.25, 0.3) is 0 Å². The van der Waals surface area contributed by atoms with Gasteiger partial charge in [-0.3, -0.25) is 0 Å². The van der Waals surface area contributed by atoms with Crippen LogP contribution < -0.4 is 4.72 Å². The van der Waals surface area contributed by atoms with Gasteiger partial charge < -0.3 is 5.11 Å². The first-order valence-corrected chi connectivity index (χ1v) is 8.70. The van der Waals surface area contributed by atoms with Crippen molar-refractivity contribution in [1.29, 1.82) is 0 Å². The van der Waals surface area contributed by atoms with Crippen molar-refractivity contribution in [2.24, 2.45) is 0 Å². The summed E-state index contributed by atoms with van der Waals surface area (Å²) in [7, 11) is -3.49. The number of benzene rings is 1. The third-order valence-electron chi connectivity index (χ3n) is 2.72. The number of nitrogens with one attached hydrogen (secondary N) is 1. The topological polar surface area (TPSA) is 66.4 Å². The molecule has 0 unspecified atom stereocenters. The van der Waals surface area contributed by atoms with Crippen LogP contribution in [0.2, 0.25) is 0 Å². The van der Waals surface area contributed by atoms with Gasteiger partial charge in [0.05, 0.1) is 4.90 Å². The first-order valence-electron chi connectivity index (χ1n) is 6.34. The van der Waals surface area contributed by atoms with E-state index in [1.54, 1.807) is 23.5 Å². The van der Waals surface area contributed by atoms with Crippen LogP contribution >= 0.6 is 11.3 Å². The van der Waals surface area contributed by atoms with Gasteiger partial charge in [0.2, 0.25) is 10.0 Å². The van der Waals surface area contributed by atoms with Gasteiger partial charge in [-0.15, -0.1) is 11.3 Å². The molecule has 1 aromatic heterocycles. The number of hydrogen-bond acceptors (Lipinski definition) is 4. The fourth-order valence-electron chi connectivity index (χ4n) is 1.71. The van der Waals surface area contributed by atoms with Gasteiger partial charge in [0.1, 0.15) is 6.61 Å². The normalized spacial score (nSPS) is 10.9. The molecule has 0 amide bonds. The molecule has 1 heterocycles. The molecular formula is C15H15NO3S2. The van der Waals surface area contributed by atoms with Crippen molar-refractivity contribution in [2.45, 2.75) is 11.3 Å². The van der Waals surface area contributed by atoms with Crippen molar-refractivity contribution in [3.05, 3.63) is 52.2 Å². The molecular weight excluding hydrogens is 306 g/mol. The summed E-state index contributed by atoms with van der Waals surface area (Å²) in [6.07, 6.45) is 0.678. The maximum atomic E-state index is 12.1. The predicted octanol–water partition coefficient (Wildman–Crippen LogP) is 1.61. The molecule has 21 heavy (non-hydrogen) atoms. The number of aliphatic hydroxyl groups excluding tert-OH is 1. The Balaban J connectivity index is 1.98. The molecule has 0 bridgehead atoms. The van der Waals surface area contributed by atoms with Crippen molar-refractivity contribution in [3.63, 3.8) is 0 Å². The fourth-order valence-corrected chi connectivity index (χ4v) is 3.45. The highest BCUT2D eigenvalue weighted by molar-refractivity contribution is 7.89. The molecule has 1 aromatic carbocycles.